The molecule has 1 aromatic heterocycles. The fourth-order valence-electron chi connectivity index (χ4n) is 3.22. The van der Waals surface area contributed by atoms with Crippen LogP contribution in [-0.2, 0) is 24.4 Å². The number of nitrogens with one attached hydrogen (secondary N) is 2. The Morgan fingerprint density at radius 1 is 1.06 bits per heavy atom. The topological polar surface area (TPSA) is 72.7 Å². The van der Waals surface area contributed by atoms with Crippen LogP contribution >= 0.6 is 0 Å². The number of hydrogen-bond acceptors (Lipinski definition) is 4. The Labute approximate surface area is 190 Å². The van der Waals surface area contributed by atoms with Crippen molar-refractivity contribution in [2.24, 2.45) is 4.99 Å². The summed E-state index contributed by atoms with van der Waals surface area (Å²) in [5, 5.41) is 6.85. The zero-order valence-corrected chi connectivity index (χ0v) is 19.0. The van der Waals surface area contributed by atoms with Gasteiger partial charge in [-0.25, -0.2) is 9.98 Å². The monoisotopic (exact) mass is 435 g/mol. The summed E-state index contributed by atoms with van der Waals surface area (Å²) >= 11 is 0. The van der Waals surface area contributed by atoms with Gasteiger partial charge in [0.15, 0.2) is 5.96 Å². The maximum Gasteiger partial charge on any atom is 0.191 e. The van der Waals surface area contributed by atoms with Crippen LogP contribution in [0.5, 0.6) is 5.75 Å². The summed E-state index contributed by atoms with van der Waals surface area (Å²) in [7, 11) is 1.68. The van der Waals surface area contributed by atoms with E-state index in [1.165, 1.54) is 11.1 Å². The van der Waals surface area contributed by atoms with Gasteiger partial charge >= 0.3 is 0 Å². The maximum atomic E-state index is 5.43. The fourth-order valence-corrected chi connectivity index (χ4v) is 3.22. The standard InChI is InChI=1S/C25H33N5O2/c1-3-32-15-5-12-27-25(28-17-21-8-10-24(31-2)11-9-21)29-18-22-6-4-7-23(16-22)19-30-14-13-26-20-30/h4,6-11,13-14,16,20H,3,5,12,15,17-19H2,1-2H3,(H2,27,28,29). The number of aliphatic imine (C=N–C) groups is 1. The molecular formula is C25H33N5O2. The van der Waals surface area contributed by atoms with Crippen molar-refractivity contribution in [3.05, 3.63) is 83.9 Å². The molecule has 0 unspecified atom stereocenters. The highest BCUT2D eigenvalue weighted by atomic mass is 16.5. The van der Waals surface area contributed by atoms with Gasteiger partial charge in [-0.2, -0.15) is 0 Å². The number of methoxy groups -OCH3 is 1. The lowest BCUT2D eigenvalue weighted by atomic mass is 10.1. The quantitative estimate of drug-likeness (QED) is 0.258. The van der Waals surface area contributed by atoms with E-state index in [1.54, 1.807) is 13.3 Å². The second-order valence-corrected chi connectivity index (χ2v) is 7.40. The Kier molecular flexibility index (Phi) is 9.61. The molecule has 2 N–H and O–H groups in total. The van der Waals surface area contributed by atoms with E-state index in [9.17, 15) is 0 Å². The van der Waals surface area contributed by atoms with Gasteiger partial charge in [-0.1, -0.05) is 36.4 Å². The molecule has 1 heterocycles. The summed E-state index contributed by atoms with van der Waals surface area (Å²) in [6, 6.07) is 16.6. The van der Waals surface area contributed by atoms with Gasteiger partial charge in [-0.05, 0) is 42.2 Å². The summed E-state index contributed by atoms with van der Waals surface area (Å²) in [6.07, 6.45) is 6.53. The number of imidazole rings is 1. The largest absolute Gasteiger partial charge is 0.497 e. The average molecular weight is 436 g/mol. The molecule has 0 atom stereocenters. The van der Waals surface area contributed by atoms with Gasteiger partial charge in [0.05, 0.1) is 20.0 Å². The van der Waals surface area contributed by atoms with Crippen LogP contribution in [-0.4, -0.2) is 42.4 Å². The zero-order valence-electron chi connectivity index (χ0n) is 19.0. The maximum absolute atomic E-state index is 5.43. The smallest absolute Gasteiger partial charge is 0.191 e. The van der Waals surface area contributed by atoms with Crippen molar-refractivity contribution in [1.29, 1.82) is 0 Å². The van der Waals surface area contributed by atoms with E-state index >= 15 is 0 Å². The predicted molar refractivity (Wildman–Crippen MR) is 128 cm³/mol. The van der Waals surface area contributed by atoms with Crippen LogP contribution in [0.4, 0.5) is 0 Å². The van der Waals surface area contributed by atoms with Crippen molar-refractivity contribution in [1.82, 2.24) is 20.2 Å². The molecule has 0 saturated carbocycles. The number of hydrogen-bond donors (Lipinski definition) is 2. The molecule has 0 spiro atoms. The fraction of sp³-hybridized carbons (Fsp3) is 0.360. The van der Waals surface area contributed by atoms with Gasteiger partial charge in [-0.3, -0.25) is 0 Å². The van der Waals surface area contributed by atoms with Crippen LogP contribution in [0, 0.1) is 0 Å². The molecule has 0 aliphatic rings. The molecule has 0 radical (unpaired) electrons. The third-order valence-corrected chi connectivity index (χ3v) is 4.92. The first-order chi connectivity index (χ1) is 15.8. The Morgan fingerprint density at radius 2 is 1.91 bits per heavy atom. The molecule has 7 nitrogen and oxygen atoms in total. The highest BCUT2D eigenvalue weighted by Gasteiger charge is 2.02. The molecular weight excluding hydrogens is 402 g/mol. The molecule has 170 valence electrons. The van der Waals surface area contributed by atoms with E-state index in [4.69, 9.17) is 14.5 Å². The van der Waals surface area contributed by atoms with Gasteiger partial charge in [0.25, 0.3) is 0 Å². The van der Waals surface area contributed by atoms with Crippen molar-refractivity contribution < 1.29 is 9.47 Å². The number of benzene rings is 2. The molecule has 32 heavy (non-hydrogen) atoms. The molecule has 0 aliphatic heterocycles. The Bertz CT molecular complexity index is 939. The Balaban J connectivity index is 1.60. The number of rotatable bonds is 12. The van der Waals surface area contributed by atoms with Crippen molar-refractivity contribution in [2.45, 2.75) is 33.0 Å². The summed E-state index contributed by atoms with van der Waals surface area (Å²) in [4.78, 5) is 8.92. The van der Waals surface area contributed by atoms with E-state index in [2.05, 4.69) is 56.6 Å². The van der Waals surface area contributed by atoms with Crippen molar-refractivity contribution in [2.75, 3.05) is 26.9 Å². The van der Waals surface area contributed by atoms with Crippen LogP contribution in [0.3, 0.4) is 0 Å². The molecule has 0 amide bonds. The average Bonchev–Trinajstić information content (AvgIpc) is 3.34. The first kappa shape index (κ1) is 23.3. The van der Waals surface area contributed by atoms with Crippen molar-refractivity contribution in [3.8, 4) is 5.75 Å². The first-order valence-electron chi connectivity index (χ1n) is 11.0. The molecule has 0 saturated heterocycles. The van der Waals surface area contributed by atoms with Gasteiger partial charge < -0.3 is 24.7 Å². The molecule has 0 aliphatic carbocycles. The van der Waals surface area contributed by atoms with Crippen molar-refractivity contribution in [3.63, 3.8) is 0 Å². The third kappa shape index (κ3) is 8.07. The number of guanidine groups is 1. The molecule has 7 heteroatoms. The summed E-state index contributed by atoms with van der Waals surface area (Å²) in [5.74, 6) is 1.64. The minimum absolute atomic E-state index is 0.598. The minimum atomic E-state index is 0.598. The molecule has 3 rings (SSSR count). The van der Waals surface area contributed by atoms with Crippen LogP contribution in [0.1, 0.15) is 30.0 Å². The molecule has 0 fully saturated rings. The van der Waals surface area contributed by atoms with Gasteiger partial charge in [0, 0.05) is 45.2 Å². The molecule has 3 aromatic rings. The van der Waals surface area contributed by atoms with E-state index in [0.29, 0.717) is 13.1 Å². The molecule has 0 bridgehead atoms. The molecule has 2 aromatic carbocycles. The zero-order chi connectivity index (χ0) is 22.4. The normalized spacial score (nSPS) is 11.4. The van der Waals surface area contributed by atoms with E-state index in [1.807, 2.05) is 31.6 Å². The number of ether oxygens (including phenoxy) is 2. The van der Waals surface area contributed by atoms with Gasteiger partial charge in [-0.15, -0.1) is 0 Å². The summed E-state index contributed by atoms with van der Waals surface area (Å²) in [6.45, 7) is 6.38. The Hall–Kier alpha value is -3.32. The van der Waals surface area contributed by atoms with E-state index in [0.717, 1.165) is 50.0 Å². The first-order valence-corrected chi connectivity index (χ1v) is 11.0. The van der Waals surface area contributed by atoms with Crippen LogP contribution < -0.4 is 15.4 Å². The third-order valence-electron chi connectivity index (χ3n) is 4.92. The van der Waals surface area contributed by atoms with Gasteiger partial charge in [0.1, 0.15) is 5.75 Å². The van der Waals surface area contributed by atoms with Crippen LogP contribution in [0.25, 0.3) is 0 Å². The van der Waals surface area contributed by atoms with Crippen molar-refractivity contribution >= 4 is 5.96 Å². The SMILES string of the molecule is CCOCCCNC(=NCc1cccc(Cn2ccnc2)c1)NCc1ccc(OC)cc1. The second kappa shape index (κ2) is 13.2. The van der Waals surface area contributed by atoms with Gasteiger partial charge in [0.2, 0.25) is 0 Å². The Morgan fingerprint density at radius 3 is 2.66 bits per heavy atom. The summed E-state index contributed by atoms with van der Waals surface area (Å²) in [5.41, 5.74) is 3.56. The summed E-state index contributed by atoms with van der Waals surface area (Å²) < 4.78 is 12.7. The number of aromatic nitrogens is 2. The second-order valence-electron chi connectivity index (χ2n) is 7.40. The van der Waals surface area contributed by atoms with E-state index in [-0.39, 0.29) is 0 Å². The highest BCUT2D eigenvalue weighted by molar-refractivity contribution is 5.79. The van der Waals surface area contributed by atoms with Crippen LogP contribution in [0.15, 0.2) is 72.2 Å². The highest BCUT2D eigenvalue weighted by Crippen LogP contribution is 2.11. The van der Waals surface area contributed by atoms with E-state index < -0.39 is 0 Å². The predicted octanol–water partition coefficient (Wildman–Crippen LogP) is 3.60. The lowest BCUT2D eigenvalue weighted by molar-refractivity contribution is 0.145. The van der Waals surface area contributed by atoms with Crippen LogP contribution in [0.2, 0.25) is 0 Å². The number of nitrogens with zero attached hydrogens (tertiary/aromatic N) is 3. The lowest BCUT2D eigenvalue weighted by Crippen LogP contribution is -2.37. The lowest BCUT2D eigenvalue weighted by Gasteiger charge is -2.13. The minimum Gasteiger partial charge on any atom is -0.497 e.